The van der Waals surface area contributed by atoms with Crippen molar-refractivity contribution in [2.75, 3.05) is 32.2 Å². The summed E-state index contributed by atoms with van der Waals surface area (Å²) in [6, 6.07) is 15.1. The Morgan fingerprint density at radius 1 is 0.685 bits per heavy atom. The van der Waals surface area contributed by atoms with Gasteiger partial charge in [0.25, 0.3) is 0 Å². The molecule has 0 radical (unpaired) electrons. The van der Waals surface area contributed by atoms with Crippen molar-refractivity contribution in [3.63, 3.8) is 0 Å². The number of hydrogen-bond acceptors (Lipinski definition) is 6. The van der Waals surface area contributed by atoms with Gasteiger partial charge in [-0.2, -0.15) is 26.3 Å². The van der Waals surface area contributed by atoms with Gasteiger partial charge in [-0.1, -0.05) is 33.8 Å². The minimum atomic E-state index is -4.42. The van der Waals surface area contributed by atoms with Crippen molar-refractivity contribution in [3.8, 4) is 11.5 Å². The van der Waals surface area contributed by atoms with E-state index in [4.69, 9.17) is 24.7 Å². The van der Waals surface area contributed by atoms with Crippen LogP contribution in [0.4, 0.5) is 40.8 Å². The summed E-state index contributed by atoms with van der Waals surface area (Å²) in [5.74, 6) is 0.166. The van der Waals surface area contributed by atoms with Crippen LogP contribution in [-0.4, -0.2) is 55.0 Å². The predicted octanol–water partition coefficient (Wildman–Crippen LogP) is 9.64. The molecule has 292 valence electrons. The van der Waals surface area contributed by atoms with Crippen LogP contribution in [0.2, 0.25) is 0 Å². The first kappa shape index (κ1) is 39.5. The second-order valence-electron chi connectivity index (χ2n) is 15.6. The molecule has 4 aromatic rings. The highest BCUT2D eigenvalue weighted by molar-refractivity contribution is 5.90. The molecule has 0 unspecified atom stereocenters. The van der Waals surface area contributed by atoms with Crippen LogP contribution in [0.3, 0.4) is 0 Å². The van der Waals surface area contributed by atoms with E-state index in [1.807, 2.05) is 37.3 Å². The number of anilines is 1. The smallest absolute Gasteiger partial charge is 0.419 e. The van der Waals surface area contributed by atoms with Crippen LogP contribution in [0.5, 0.6) is 11.5 Å². The molecular formula is C40H42F8N2O4. The third-order valence-electron chi connectivity index (χ3n) is 10.3. The van der Waals surface area contributed by atoms with Crippen LogP contribution in [0.1, 0.15) is 68.5 Å². The number of hydrogen-bond donors (Lipinski definition) is 1. The van der Waals surface area contributed by atoms with Gasteiger partial charge in [0.05, 0.1) is 31.9 Å². The average molecular weight is 767 g/mol. The van der Waals surface area contributed by atoms with Gasteiger partial charge in [-0.05, 0) is 79.1 Å². The summed E-state index contributed by atoms with van der Waals surface area (Å²) >= 11 is 0. The summed E-state index contributed by atoms with van der Waals surface area (Å²) in [6.07, 6.45) is -8.16. The number of aromatic nitrogens is 1. The number of nitrogens with zero attached hydrogens (tertiary/aromatic N) is 1. The lowest BCUT2D eigenvalue weighted by molar-refractivity contribution is -0.189. The molecular weight excluding hydrogens is 724 g/mol. The highest BCUT2D eigenvalue weighted by Crippen LogP contribution is 2.54. The van der Waals surface area contributed by atoms with Crippen LogP contribution in [0.25, 0.3) is 10.9 Å². The van der Waals surface area contributed by atoms with Gasteiger partial charge in [0.15, 0.2) is 11.2 Å². The number of aryl methyl sites for hydroxylation is 1. The van der Waals surface area contributed by atoms with Crippen molar-refractivity contribution in [1.29, 1.82) is 0 Å². The maximum absolute atomic E-state index is 13.7. The molecule has 2 N–H and O–H groups in total. The van der Waals surface area contributed by atoms with E-state index < -0.39 is 46.0 Å². The van der Waals surface area contributed by atoms with Gasteiger partial charge in [0, 0.05) is 51.9 Å². The summed E-state index contributed by atoms with van der Waals surface area (Å²) in [4.78, 5) is 4.36. The van der Waals surface area contributed by atoms with E-state index in [1.54, 1.807) is 27.7 Å². The molecule has 14 heteroatoms. The first-order valence-electron chi connectivity index (χ1n) is 17.5. The molecule has 0 aliphatic carbocycles. The van der Waals surface area contributed by atoms with Crippen molar-refractivity contribution in [2.24, 2.45) is 0 Å². The first-order valence-corrected chi connectivity index (χ1v) is 17.5. The molecule has 2 fully saturated rings. The molecule has 0 saturated carbocycles. The Hall–Kier alpha value is -4.17. The number of fused-ring (bicyclic) bond motifs is 3. The Kier molecular flexibility index (Phi) is 10.1. The lowest BCUT2D eigenvalue weighted by Crippen LogP contribution is -2.39. The largest absolute Gasteiger partial charge is 0.493 e. The Balaban J connectivity index is 0.000000144. The van der Waals surface area contributed by atoms with Gasteiger partial charge >= 0.3 is 12.4 Å². The first-order chi connectivity index (χ1) is 25.1. The number of pyridine rings is 1. The molecule has 54 heavy (non-hydrogen) atoms. The Labute approximate surface area is 307 Å². The minimum absolute atomic E-state index is 0.247. The fraction of sp³-hybridized carbons (Fsp3) is 0.475. The van der Waals surface area contributed by atoms with Gasteiger partial charge in [-0.15, -0.1) is 0 Å². The van der Waals surface area contributed by atoms with Crippen LogP contribution >= 0.6 is 0 Å². The summed E-state index contributed by atoms with van der Waals surface area (Å²) in [5, 5.41) is 1.03. The van der Waals surface area contributed by atoms with E-state index in [-0.39, 0.29) is 26.1 Å². The van der Waals surface area contributed by atoms with Gasteiger partial charge in [0.2, 0.25) is 0 Å². The van der Waals surface area contributed by atoms with E-state index in [0.29, 0.717) is 48.7 Å². The number of ether oxygens (including phenoxy) is 4. The summed E-state index contributed by atoms with van der Waals surface area (Å²) in [5.41, 5.74) is 4.94. The molecule has 0 amide bonds. The normalized spacial score (nSPS) is 21.5. The molecule has 4 aliphatic heterocycles. The van der Waals surface area contributed by atoms with E-state index in [1.165, 1.54) is 24.3 Å². The SMILES string of the molecule is CC(C)(C[C@@]1(C(F)(F)F)CO1)c1cc(F)cc2c1OCC2.CC(C)(C[C@]1(C(F)(F)F)CO1)c1cc(F)cc2c1OCC2.Cc1ccc2c(N)cccc2n1. The maximum Gasteiger partial charge on any atom is 0.419 e. The lowest BCUT2D eigenvalue weighted by Gasteiger charge is -2.31. The Morgan fingerprint density at radius 3 is 1.54 bits per heavy atom. The Morgan fingerprint density at radius 2 is 1.13 bits per heavy atom. The fourth-order valence-electron chi connectivity index (χ4n) is 7.35. The quantitative estimate of drug-likeness (QED) is 0.120. The van der Waals surface area contributed by atoms with Crippen LogP contribution in [0.15, 0.2) is 54.6 Å². The molecule has 0 bridgehead atoms. The molecule has 8 rings (SSSR count). The summed E-state index contributed by atoms with van der Waals surface area (Å²) < 4.78 is 126. The molecule has 4 aliphatic rings. The highest BCUT2D eigenvalue weighted by Gasteiger charge is 2.68. The topological polar surface area (TPSA) is 82.4 Å². The minimum Gasteiger partial charge on any atom is -0.493 e. The molecule has 1 aromatic heterocycles. The van der Waals surface area contributed by atoms with Crippen LogP contribution in [0, 0.1) is 18.6 Å². The molecule has 6 nitrogen and oxygen atoms in total. The number of nitrogen functional groups attached to an aromatic ring is 1. The molecule has 0 spiro atoms. The maximum atomic E-state index is 13.7. The third kappa shape index (κ3) is 7.95. The van der Waals surface area contributed by atoms with Gasteiger partial charge in [-0.3, -0.25) is 4.98 Å². The molecule has 2 saturated heterocycles. The Bertz CT molecular complexity index is 1930. The average Bonchev–Trinajstić information content (AvgIpc) is 3.92. The molecule has 2 atom stereocenters. The van der Waals surface area contributed by atoms with E-state index >= 15 is 0 Å². The zero-order valence-corrected chi connectivity index (χ0v) is 30.5. The highest BCUT2D eigenvalue weighted by atomic mass is 19.4. The summed E-state index contributed by atoms with van der Waals surface area (Å²) in [7, 11) is 0. The number of benzene rings is 3. The number of nitrogens with two attached hydrogens (primary N) is 1. The number of halogens is 8. The standard InChI is InChI=1S/2C15H16F4O2.C10H10N2/c2*1-13(2,7-14(8-21-14)15(17,18)19)11-6-10(16)5-9-3-4-20-12(9)11;1-7-5-6-8-9(11)3-2-4-10(8)12-7/h2*5-6H,3-4,7-8H2,1-2H3;2-6H,11H2,1H3/t2*14-;/m10./s1. The van der Waals surface area contributed by atoms with Crippen molar-refractivity contribution >= 4 is 16.6 Å². The third-order valence-corrected chi connectivity index (χ3v) is 10.3. The van der Waals surface area contributed by atoms with E-state index in [9.17, 15) is 35.1 Å². The molecule has 3 aromatic carbocycles. The lowest BCUT2D eigenvalue weighted by atomic mass is 9.75. The van der Waals surface area contributed by atoms with Crippen molar-refractivity contribution < 1.29 is 54.1 Å². The van der Waals surface area contributed by atoms with Crippen molar-refractivity contribution in [3.05, 3.63) is 94.2 Å². The van der Waals surface area contributed by atoms with Gasteiger partial charge < -0.3 is 24.7 Å². The molecule has 5 heterocycles. The predicted molar refractivity (Wildman–Crippen MR) is 187 cm³/mol. The summed E-state index contributed by atoms with van der Waals surface area (Å²) in [6.45, 7) is 8.83. The van der Waals surface area contributed by atoms with Crippen LogP contribution < -0.4 is 15.2 Å². The fourth-order valence-corrected chi connectivity index (χ4v) is 7.35. The zero-order chi connectivity index (χ0) is 39.5. The number of epoxide rings is 2. The van der Waals surface area contributed by atoms with E-state index in [0.717, 1.165) is 33.4 Å². The second kappa shape index (κ2) is 13.8. The van der Waals surface area contributed by atoms with Gasteiger partial charge in [-0.25, -0.2) is 8.78 Å². The van der Waals surface area contributed by atoms with Crippen molar-refractivity contribution in [1.82, 2.24) is 4.98 Å². The number of rotatable bonds is 6. The van der Waals surface area contributed by atoms with Crippen molar-refractivity contribution in [2.45, 2.75) is 94.7 Å². The second-order valence-corrected chi connectivity index (χ2v) is 15.6. The van der Waals surface area contributed by atoms with Gasteiger partial charge in [0.1, 0.15) is 23.1 Å². The van der Waals surface area contributed by atoms with Crippen LogP contribution in [-0.2, 0) is 33.1 Å². The monoisotopic (exact) mass is 766 g/mol. The van der Waals surface area contributed by atoms with E-state index in [2.05, 4.69) is 4.98 Å². The zero-order valence-electron chi connectivity index (χ0n) is 30.5. The number of alkyl halides is 6.